The van der Waals surface area contributed by atoms with E-state index in [4.69, 9.17) is 0 Å². The maximum absolute atomic E-state index is 13.1. The van der Waals surface area contributed by atoms with Crippen LogP contribution >= 0.6 is 11.8 Å². The van der Waals surface area contributed by atoms with Crippen molar-refractivity contribution < 1.29 is 4.79 Å². The number of hydrogen-bond donors (Lipinski definition) is 0. The van der Waals surface area contributed by atoms with E-state index in [1.54, 1.807) is 6.20 Å². The molecule has 1 amide bonds. The summed E-state index contributed by atoms with van der Waals surface area (Å²) in [5.41, 5.74) is 0.978. The fourth-order valence-electron chi connectivity index (χ4n) is 4.20. The minimum atomic E-state index is 0.222. The van der Waals surface area contributed by atoms with Gasteiger partial charge in [-0.05, 0) is 51.7 Å². The van der Waals surface area contributed by atoms with E-state index in [-0.39, 0.29) is 11.9 Å². The molecule has 2 heterocycles. The van der Waals surface area contributed by atoms with Gasteiger partial charge in [-0.1, -0.05) is 31.0 Å². The van der Waals surface area contributed by atoms with Crippen molar-refractivity contribution >= 4 is 17.7 Å². The lowest BCUT2D eigenvalue weighted by molar-refractivity contribution is -0.133. The zero-order valence-electron chi connectivity index (χ0n) is 16.8. The van der Waals surface area contributed by atoms with Gasteiger partial charge in [0.1, 0.15) is 0 Å². The van der Waals surface area contributed by atoms with Crippen LogP contribution in [-0.2, 0) is 4.79 Å². The molecule has 28 heavy (non-hydrogen) atoms. The number of hydrogen-bond acceptors (Lipinski definition) is 5. The Morgan fingerprint density at radius 2 is 2.00 bits per heavy atom. The van der Waals surface area contributed by atoms with Gasteiger partial charge < -0.3 is 4.90 Å². The number of aromatic nitrogens is 4. The smallest absolute Gasteiger partial charge is 0.233 e. The number of amides is 1. The largest absolute Gasteiger partial charge is 0.337 e. The fourth-order valence-corrected chi connectivity index (χ4v) is 5.08. The van der Waals surface area contributed by atoms with Crippen LogP contribution in [0.5, 0.6) is 0 Å². The molecule has 7 heteroatoms. The predicted molar refractivity (Wildman–Crippen MR) is 111 cm³/mol. The van der Waals surface area contributed by atoms with Gasteiger partial charge in [-0.25, -0.2) is 0 Å². The molecule has 2 aliphatic rings. The van der Waals surface area contributed by atoms with Gasteiger partial charge in [0.25, 0.3) is 0 Å². The highest BCUT2D eigenvalue weighted by molar-refractivity contribution is 7.99. The Hall–Kier alpha value is -1.89. The molecule has 0 radical (unpaired) electrons. The molecular formula is C21H29N5OS. The lowest BCUT2D eigenvalue weighted by atomic mass is 9.93. The van der Waals surface area contributed by atoms with Gasteiger partial charge in [0, 0.05) is 36.1 Å². The van der Waals surface area contributed by atoms with Gasteiger partial charge in [-0.3, -0.25) is 14.3 Å². The van der Waals surface area contributed by atoms with E-state index < -0.39 is 0 Å². The highest BCUT2D eigenvalue weighted by Crippen LogP contribution is 2.41. The van der Waals surface area contributed by atoms with E-state index in [9.17, 15) is 4.79 Å². The number of carbonyl (C=O) groups excluding carboxylic acids is 1. The molecular weight excluding hydrogens is 370 g/mol. The van der Waals surface area contributed by atoms with E-state index in [2.05, 4.69) is 38.5 Å². The van der Waals surface area contributed by atoms with E-state index >= 15 is 0 Å². The van der Waals surface area contributed by atoms with E-state index in [0.29, 0.717) is 17.8 Å². The van der Waals surface area contributed by atoms with Crippen LogP contribution in [0.4, 0.5) is 0 Å². The number of carbonyl (C=O) groups is 1. The SMILES string of the molecule is CC(C)N(C(=O)CSc1nnc(-c2cccnc2)n1C1CC1)C1CCCCC1. The molecule has 2 aromatic heterocycles. The quantitative estimate of drug-likeness (QED) is 0.648. The molecule has 0 aromatic carbocycles. The van der Waals surface area contributed by atoms with Crippen molar-refractivity contribution in [2.24, 2.45) is 0 Å². The minimum Gasteiger partial charge on any atom is -0.337 e. The number of pyridine rings is 1. The Kier molecular flexibility index (Phi) is 5.99. The summed E-state index contributed by atoms with van der Waals surface area (Å²) in [6.45, 7) is 4.26. The topological polar surface area (TPSA) is 63.9 Å². The standard InChI is InChI=1S/C21H29N5OS/c1-15(2)25(17-8-4-3-5-9-17)19(27)14-28-21-24-23-20(26(21)18-10-11-18)16-7-6-12-22-13-16/h6-7,12-13,15,17-18H,3-5,8-11,14H2,1-2H3. The summed E-state index contributed by atoms with van der Waals surface area (Å²) < 4.78 is 2.20. The molecule has 0 spiro atoms. The number of rotatable bonds is 7. The molecule has 2 aromatic rings. The third-order valence-electron chi connectivity index (χ3n) is 5.63. The molecule has 2 saturated carbocycles. The van der Waals surface area contributed by atoms with Gasteiger partial charge in [0.05, 0.1) is 5.75 Å². The van der Waals surface area contributed by atoms with Gasteiger partial charge >= 0.3 is 0 Å². The first-order valence-corrected chi connectivity index (χ1v) is 11.4. The van der Waals surface area contributed by atoms with Crippen molar-refractivity contribution in [2.75, 3.05) is 5.75 Å². The first-order chi connectivity index (χ1) is 13.6. The normalized spacial score (nSPS) is 17.8. The molecule has 0 N–H and O–H groups in total. The average molecular weight is 400 g/mol. The first-order valence-electron chi connectivity index (χ1n) is 10.4. The van der Waals surface area contributed by atoms with Crippen molar-refractivity contribution in [1.29, 1.82) is 0 Å². The Bertz CT molecular complexity index is 796. The first kappa shape index (κ1) is 19.4. The van der Waals surface area contributed by atoms with E-state index in [0.717, 1.165) is 42.2 Å². The summed E-state index contributed by atoms with van der Waals surface area (Å²) >= 11 is 1.53. The Morgan fingerprint density at radius 1 is 1.21 bits per heavy atom. The lowest BCUT2D eigenvalue weighted by Gasteiger charge is -2.37. The van der Waals surface area contributed by atoms with Crippen LogP contribution in [0.15, 0.2) is 29.7 Å². The second-order valence-electron chi connectivity index (χ2n) is 8.12. The van der Waals surface area contributed by atoms with Crippen LogP contribution in [0, 0.1) is 0 Å². The van der Waals surface area contributed by atoms with Crippen LogP contribution in [0.25, 0.3) is 11.4 Å². The molecule has 0 atom stereocenters. The van der Waals surface area contributed by atoms with Gasteiger partial charge in [0.2, 0.25) is 5.91 Å². The lowest BCUT2D eigenvalue weighted by Crippen LogP contribution is -2.46. The highest BCUT2D eigenvalue weighted by atomic mass is 32.2. The molecule has 0 bridgehead atoms. The molecule has 0 aliphatic heterocycles. The van der Waals surface area contributed by atoms with Crippen LogP contribution < -0.4 is 0 Å². The second kappa shape index (κ2) is 8.64. The maximum atomic E-state index is 13.1. The molecule has 4 rings (SSSR count). The minimum absolute atomic E-state index is 0.222. The second-order valence-corrected chi connectivity index (χ2v) is 9.07. The maximum Gasteiger partial charge on any atom is 0.233 e. The highest BCUT2D eigenvalue weighted by Gasteiger charge is 2.32. The summed E-state index contributed by atoms with van der Waals surface area (Å²) in [4.78, 5) is 19.4. The fraction of sp³-hybridized carbons (Fsp3) is 0.619. The van der Waals surface area contributed by atoms with Crippen molar-refractivity contribution in [3.63, 3.8) is 0 Å². The number of thioether (sulfide) groups is 1. The van der Waals surface area contributed by atoms with Crippen molar-refractivity contribution in [1.82, 2.24) is 24.6 Å². The Labute approximate surface area is 171 Å². The van der Waals surface area contributed by atoms with Crippen molar-refractivity contribution in [3.05, 3.63) is 24.5 Å². The predicted octanol–water partition coefficient (Wildman–Crippen LogP) is 4.34. The van der Waals surface area contributed by atoms with Crippen molar-refractivity contribution in [3.8, 4) is 11.4 Å². The summed E-state index contributed by atoms with van der Waals surface area (Å²) in [6, 6.07) is 5.02. The summed E-state index contributed by atoms with van der Waals surface area (Å²) in [5.74, 6) is 1.51. The molecule has 2 aliphatic carbocycles. The Balaban J connectivity index is 1.48. The number of nitrogens with zero attached hydrogens (tertiary/aromatic N) is 5. The van der Waals surface area contributed by atoms with Gasteiger partial charge in [0.15, 0.2) is 11.0 Å². The summed E-state index contributed by atoms with van der Waals surface area (Å²) in [6.07, 6.45) is 11.9. The molecule has 0 saturated heterocycles. The van der Waals surface area contributed by atoms with E-state index in [1.165, 1.54) is 31.0 Å². The Morgan fingerprint density at radius 3 is 2.64 bits per heavy atom. The summed E-state index contributed by atoms with van der Waals surface area (Å²) in [7, 11) is 0. The molecule has 6 nitrogen and oxygen atoms in total. The van der Waals surface area contributed by atoms with E-state index in [1.807, 2.05) is 18.3 Å². The third kappa shape index (κ3) is 4.24. The van der Waals surface area contributed by atoms with Gasteiger partial charge in [-0.2, -0.15) is 0 Å². The monoisotopic (exact) mass is 399 g/mol. The third-order valence-corrected chi connectivity index (χ3v) is 6.56. The summed E-state index contributed by atoms with van der Waals surface area (Å²) in [5, 5.41) is 9.69. The van der Waals surface area contributed by atoms with Crippen LogP contribution in [0.3, 0.4) is 0 Å². The van der Waals surface area contributed by atoms with Crippen LogP contribution in [0.2, 0.25) is 0 Å². The molecule has 150 valence electrons. The molecule has 0 unspecified atom stereocenters. The zero-order chi connectivity index (χ0) is 19.5. The van der Waals surface area contributed by atoms with Gasteiger partial charge in [-0.15, -0.1) is 10.2 Å². The van der Waals surface area contributed by atoms with Crippen molar-refractivity contribution in [2.45, 2.75) is 82.1 Å². The molecule has 2 fully saturated rings. The average Bonchev–Trinajstić information content (AvgIpc) is 3.46. The van der Waals surface area contributed by atoms with Crippen LogP contribution in [-0.4, -0.2) is 48.4 Å². The zero-order valence-corrected chi connectivity index (χ0v) is 17.6. The van der Waals surface area contributed by atoms with Crippen LogP contribution in [0.1, 0.15) is 64.8 Å².